The van der Waals surface area contributed by atoms with E-state index in [0.29, 0.717) is 19.0 Å². The van der Waals surface area contributed by atoms with Crippen LogP contribution in [0.2, 0.25) is 0 Å². The number of nitrogens with zero attached hydrogens (tertiary/aromatic N) is 1. The summed E-state index contributed by atoms with van der Waals surface area (Å²) in [5.74, 6) is -1.74. The minimum Gasteiger partial charge on any atom is -0.480 e. The van der Waals surface area contributed by atoms with Crippen LogP contribution in [-0.2, 0) is 14.8 Å². The van der Waals surface area contributed by atoms with E-state index in [-0.39, 0.29) is 6.04 Å². The molecule has 2 N–H and O–H groups in total. The summed E-state index contributed by atoms with van der Waals surface area (Å²) in [6.45, 7) is 1.81. The Morgan fingerprint density at radius 2 is 2.19 bits per heavy atom. The maximum Gasteiger partial charge on any atom is 0.320 e. The van der Waals surface area contributed by atoms with Crippen molar-refractivity contribution in [3.05, 3.63) is 0 Å². The van der Waals surface area contributed by atoms with E-state index in [2.05, 4.69) is 5.32 Å². The molecule has 0 spiro atoms. The standard InChI is InChI=1S/C9H16N2O4S/c12-9(13)6-16(14,15)11-4-7-2-1-3-10-8(7)5-11/h7-8,10H,1-6H2,(H,12,13)/t7-,8+/m0/s1. The first kappa shape index (κ1) is 11.8. The van der Waals surface area contributed by atoms with Crippen molar-refractivity contribution in [1.29, 1.82) is 0 Å². The molecule has 0 saturated carbocycles. The van der Waals surface area contributed by atoms with Gasteiger partial charge in [0.15, 0.2) is 5.75 Å². The fraction of sp³-hybridized carbons (Fsp3) is 0.889. The van der Waals surface area contributed by atoms with Crippen molar-refractivity contribution in [2.75, 3.05) is 25.4 Å². The zero-order valence-corrected chi connectivity index (χ0v) is 9.74. The molecule has 2 heterocycles. The van der Waals surface area contributed by atoms with E-state index in [0.717, 1.165) is 19.4 Å². The second-order valence-corrected chi connectivity index (χ2v) is 6.40. The lowest BCUT2D eigenvalue weighted by atomic mass is 9.94. The second kappa shape index (κ2) is 4.31. The third kappa shape index (κ3) is 2.36. The third-order valence-corrected chi connectivity index (χ3v) is 4.96. The van der Waals surface area contributed by atoms with Gasteiger partial charge in [-0.25, -0.2) is 8.42 Å². The molecule has 92 valence electrons. The van der Waals surface area contributed by atoms with Gasteiger partial charge in [-0.2, -0.15) is 4.31 Å². The maximum absolute atomic E-state index is 11.7. The predicted octanol–water partition coefficient (Wildman–Crippen LogP) is -0.915. The van der Waals surface area contributed by atoms with Crippen LogP contribution in [0.1, 0.15) is 12.8 Å². The lowest BCUT2D eigenvalue weighted by molar-refractivity contribution is -0.134. The van der Waals surface area contributed by atoms with E-state index < -0.39 is 21.7 Å². The first-order valence-corrected chi connectivity index (χ1v) is 7.03. The zero-order chi connectivity index (χ0) is 11.8. The van der Waals surface area contributed by atoms with Gasteiger partial charge in [-0.05, 0) is 25.3 Å². The Bertz CT molecular complexity index is 367. The Morgan fingerprint density at radius 1 is 1.44 bits per heavy atom. The largest absolute Gasteiger partial charge is 0.480 e. The lowest BCUT2D eigenvalue weighted by Crippen LogP contribution is -2.41. The Labute approximate surface area is 94.7 Å². The van der Waals surface area contributed by atoms with Crippen molar-refractivity contribution in [3.63, 3.8) is 0 Å². The Kier molecular flexibility index (Phi) is 3.18. The molecule has 2 fully saturated rings. The van der Waals surface area contributed by atoms with E-state index in [9.17, 15) is 13.2 Å². The number of carboxylic acids is 1. The summed E-state index contributed by atoms with van der Waals surface area (Å²) in [4.78, 5) is 10.5. The highest BCUT2D eigenvalue weighted by molar-refractivity contribution is 7.89. The van der Waals surface area contributed by atoms with E-state index in [1.54, 1.807) is 0 Å². The molecule has 2 rings (SSSR count). The van der Waals surface area contributed by atoms with Crippen molar-refractivity contribution in [1.82, 2.24) is 9.62 Å². The highest BCUT2D eigenvalue weighted by Crippen LogP contribution is 2.26. The van der Waals surface area contributed by atoms with Gasteiger partial charge in [-0.1, -0.05) is 0 Å². The van der Waals surface area contributed by atoms with Crippen LogP contribution in [0, 0.1) is 5.92 Å². The highest BCUT2D eigenvalue weighted by atomic mass is 32.2. The number of carboxylic acid groups (broad SMARTS) is 1. The molecule has 2 aliphatic rings. The van der Waals surface area contributed by atoms with Crippen molar-refractivity contribution in [3.8, 4) is 0 Å². The van der Waals surface area contributed by atoms with Crippen molar-refractivity contribution < 1.29 is 18.3 Å². The van der Waals surface area contributed by atoms with E-state index in [1.807, 2.05) is 0 Å². The first-order valence-electron chi connectivity index (χ1n) is 5.42. The Morgan fingerprint density at radius 3 is 2.81 bits per heavy atom. The molecular formula is C9H16N2O4S. The summed E-state index contributed by atoms with van der Waals surface area (Å²) in [6, 6.07) is 0.206. The number of rotatable bonds is 3. The monoisotopic (exact) mass is 248 g/mol. The van der Waals surface area contributed by atoms with E-state index >= 15 is 0 Å². The van der Waals surface area contributed by atoms with Gasteiger partial charge in [0, 0.05) is 19.1 Å². The van der Waals surface area contributed by atoms with Crippen molar-refractivity contribution in [2.24, 2.45) is 5.92 Å². The lowest BCUT2D eigenvalue weighted by Gasteiger charge is -2.24. The van der Waals surface area contributed by atoms with Crippen LogP contribution in [-0.4, -0.2) is 55.2 Å². The van der Waals surface area contributed by atoms with Crippen LogP contribution in [0.25, 0.3) is 0 Å². The van der Waals surface area contributed by atoms with Gasteiger partial charge < -0.3 is 10.4 Å². The summed E-state index contributed by atoms with van der Waals surface area (Å²) in [6.07, 6.45) is 2.09. The van der Waals surface area contributed by atoms with Crippen LogP contribution in [0.5, 0.6) is 0 Å². The summed E-state index contributed by atoms with van der Waals surface area (Å²) < 4.78 is 24.7. The third-order valence-electron chi connectivity index (χ3n) is 3.26. The number of aliphatic carboxylic acids is 1. The second-order valence-electron chi connectivity index (χ2n) is 4.43. The molecule has 0 aromatic carbocycles. The quantitative estimate of drug-likeness (QED) is 0.675. The average Bonchev–Trinajstić information content (AvgIpc) is 2.59. The van der Waals surface area contributed by atoms with Crippen LogP contribution in [0.15, 0.2) is 0 Å². The molecule has 6 nitrogen and oxygen atoms in total. The molecule has 0 radical (unpaired) electrons. The summed E-state index contributed by atoms with van der Waals surface area (Å²) in [5.41, 5.74) is 0. The molecule has 7 heteroatoms. The van der Waals surface area contributed by atoms with Crippen LogP contribution >= 0.6 is 0 Å². The molecular weight excluding hydrogens is 232 g/mol. The van der Waals surface area contributed by atoms with Gasteiger partial charge in [-0.15, -0.1) is 0 Å². The number of carbonyl (C=O) groups is 1. The molecule has 0 amide bonds. The predicted molar refractivity (Wildman–Crippen MR) is 57.5 cm³/mol. The molecule has 0 unspecified atom stereocenters. The van der Waals surface area contributed by atoms with Crippen LogP contribution in [0.4, 0.5) is 0 Å². The average molecular weight is 248 g/mol. The van der Waals surface area contributed by atoms with Gasteiger partial charge >= 0.3 is 5.97 Å². The Hall–Kier alpha value is -0.660. The van der Waals surface area contributed by atoms with E-state index in [4.69, 9.17) is 5.11 Å². The van der Waals surface area contributed by atoms with E-state index in [1.165, 1.54) is 4.31 Å². The normalized spacial score (nSPS) is 31.2. The first-order chi connectivity index (χ1) is 7.49. The highest BCUT2D eigenvalue weighted by Gasteiger charge is 2.40. The maximum atomic E-state index is 11.7. The SMILES string of the molecule is O=C(O)CS(=O)(=O)N1C[C@@H]2CCCN[C@@H]2C1. The molecule has 2 atom stereocenters. The van der Waals surface area contributed by atoms with Crippen molar-refractivity contribution >= 4 is 16.0 Å². The summed E-state index contributed by atoms with van der Waals surface area (Å²) in [5, 5.41) is 11.8. The number of sulfonamides is 1. The van der Waals surface area contributed by atoms with Gasteiger partial charge in [-0.3, -0.25) is 4.79 Å². The summed E-state index contributed by atoms with van der Waals surface area (Å²) in [7, 11) is -3.62. The molecule has 0 aromatic heterocycles. The van der Waals surface area contributed by atoms with Gasteiger partial charge in [0.2, 0.25) is 10.0 Å². The number of fused-ring (bicyclic) bond motifs is 1. The summed E-state index contributed by atoms with van der Waals surface area (Å²) >= 11 is 0. The van der Waals surface area contributed by atoms with Gasteiger partial charge in [0.1, 0.15) is 0 Å². The van der Waals surface area contributed by atoms with Gasteiger partial charge in [0.05, 0.1) is 0 Å². The molecule has 0 aliphatic carbocycles. The minimum atomic E-state index is -3.62. The number of hydrogen-bond donors (Lipinski definition) is 2. The number of piperidine rings is 1. The topological polar surface area (TPSA) is 86.7 Å². The molecule has 2 aliphatic heterocycles. The Balaban J connectivity index is 2.04. The molecule has 0 bridgehead atoms. The molecule has 0 aromatic rings. The molecule has 16 heavy (non-hydrogen) atoms. The fourth-order valence-corrected chi connectivity index (χ4v) is 3.78. The molecule has 2 saturated heterocycles. The fourth-order valence-electron chi connectivity index (χ4n) is 2.48. The number of nitrogens with one attached hydrogen (secondary N) is 1. The van der Waals surface area contributed by atoms with Crippen molar-refractivity contribution in [2.45, 2.75) is 18.9 Å². The van der Waals surface area contributed by atoms with Gasteiger partial charge in [0.25, 0.3) is 0 Å². The number of hydrogen-bond acceptors (Lipinski definition) is 4. The van der Waals surface area contributed by atoms with Crippen LogP contribution in [0.3, 0.4) is 0 Å². The zero-order valence-electron chi connectivity index (χ0n) is 8.92. The smallest absolute Gasteiger partial charge is 0.320 e. The van der Waals surface area contributed by atoms with Crippen LogP contribution < -0.4 is 5.32 Å². The minimum absolute atomic E-state index is 0.206.